The summed E-state index contributed by atoms with van der Waals surface area (Å²) in [6, 6.07) is 1.70. The van der Waals surface area contributed by atoms with Crippen LogP contribution in [-0.4, -0.2) is 40.1 Å². The van der Waals surface area contributed by atoms with Crippen molar-refractivity contribution in [2.45, 2.75) is 13.0 Å². The number of furan rings is 1. The second kappa shape index (κ2) is 4.22. The highest BCUT2D eigenvalue weighted by Crippen LogP contribution is 2.25. The van der Waals surface area contributed by atoms with Gasteiger partial charge in [-0.1, -0.05) is 0 Å². The highest BCUT2D eigenvalue weighted by molar-refractivity contribution is 7.09. The SMILES string of the molecule is Cc1nc(-c2cc(C(=O)N3CC(O)C3)co2)cs1. The van der Waals surface area contributed by atoms with Gasteiger partial charge in [0.05, 0.1) is 16.7 Å². The van der Waals surface area contributed by atoms with E-state index >= 15 is 0 Å². The van der Waals surface area contributed by atoms with E-state index in [1.165, 1.54) is 17.6 Å². The van der Waals surface area contributed by atoms with Crippen LogP contribution in [0, 0.1) is 6.92 Å². The second-order valence-electron chi connectivity index (χ2n) is 4.32. The average molecular weight is 264 g/mol. The van der Waals surface area contributed by atoms with Gasteiger partial charge in [-0.15, -0.1) is 11.3 Å². The van der Waals surface area contributed by atoms with Crippen molar-refractivity contribution < 1.29 is 14.3 Å². The Morgan fingerprint density at radius 3 is 3.00 bits per heavy atom. The fourth-order valence-corrected chi connectivity index (χ4v) is 2.47. The Bertz CT molecular complexity index is 584. The fraction of sp³-hybridized carbons (Fsp3) is 0.333. The molecule has 0 aromatic carbocycles. The minimum atomic E-state index is -0.387. The third-order valence-electron chi connectivity index (χ3n) is 2.87. The maximum atomic E-state index is 12.0. The molecule has 1 fully saturated rings. The largest absolute Gasteiger partial charge is 0.462 e. The second-order valence-corrected chi connectivity index (χ2v) is 5.38. The van der Waals surface area contributed by atoms with Gasteiger partial charge in [-0.3, -0.25) is 4.79 Å². The first-order valence-electron chi connectivity index (χ1n) is 5.62. The highest BCUT2D eigenvalue weighted by Gasteiger charge is 2.30. The number of hydrogen-bond acceptors (Lipinski definition) is 5. The van der Waals surface area contributed by atoms with Crippen molar-refractivity contribution >= 4 is 17.2 Å². The number of aromatic nitrogens is 1. The molecule has 1 N–H and O–H groups in total. The number of amides is 1. The van der Waals surface area contributed by atoms with Gasteiger partial charge in [0.2, 0.25) is 0 Å². The van der Waals surface area contributed by atoms with Gasteiger partial charge in [-0.05, 0) is 13.0 Å². The van der Waals surface area contributed by atoms with Gasteiger partial charge in [-0.2, -0.15) is 0 Å². The Labute approximate surface area is 108 Å². The van der Waals surface area contributed by atoms with E-state index in [4.69, 9.17) is 4.42 Å². The standard InChI is InChI=1S/C12H12N2O3S/c1-7-13-10(6-18-7)11-2-8(5-17-11)12(16)14-3-9(15)4-14/h2,5-6,9,15H,3-4H2,1H3. The lowest BCUT2D eigenvalue weighted by Gasteiger charge is -2.35. The molecular formula is C12H12N2O3S. The summed E-state index contributed by atoms with van der Waals surface area (Å²) in [6.07, 6.45) is 1.05. The molecule has 2 aromatic rings. The molecule has 6 heteroatoms. The van der Waals surface area contributed by atoms with Gasteiger partial charge in [0.25, 0.3) is 5.91 Å². The number of carbonyl (C=O) groups excluding carboxylic acids is 1. The maximum Gasteiger partial charge on any atom is 0.257 e. The van der Waals surface area contributed by atoms with E-state index < -0.39 is 0 Å². The summed E-state index contributed by atoms with van der Waals surface area (Å²) in [5, 5.41) is 12.0. The molecule has 1 amide bonds. The van der Waals surface area contributed by atoms with Crippen molar-refractivity contribution in [3.8, 4) is 11.5 Å². The van der Waals surface area contributed by atoms with E-state index in [1.807, 2.05) is 12.3 Å². The van der Waals surface area contributed by atoms with Gasteiger partial charge in [-0.25, -0.2) is 4.98 Å². The Hall–Kier alpha value is -1.66. The van der Waals surface area contributed by atoms with Crippen LogP contribution < -0.4 is 0 Å². The first-order valence-corrected chi connectivity index (χ1v) is 6.50. The normalized spacial score (nSPS) is 15.8. The Morgan fingerprint density at radius 1 is 1.61 bits per heavy atom. The lowest BCUT2D eigenvalue weighted by Crippen LogP contribution is -2.53. The van der Waals surface area contributed by atoms with Crippen molar-refractivity contribution in [2.24, 2.45) is 0 Å². The summed E-state index contributed by atoms with van der Waals surface area (Å²) < 4.78 is 5.36. The minimum absolute atomic E-state index is 0.109. The Morgan fingerprint density at radius 2 is 2.39 bits per heavy atom. The molecular weight excluding hydrogens is 252 g/mol. The number of aliphatic hydroxyl groups excluding tert-OH is 1. The zero-order valence-electron chi connectivity index (χ0n) is 9.79. The molecule has 3 rings (SSSR count). The van der Waals surface area contributed by atoms with Crippen molar-refractivity contribution in [2.75, 3.05) is 13.1 Å². The van der Waals surface area contributed by atoms with Crippen LogP contribution in [0.3, 0.4) is 0 Å². The number of rotatable bonds is 2. The first kappa shape index (κ1) is 11.4. The van der Waals surface area contributed by atoms with Crippen LogP contribution in [0.5, 0.6) is 0 Å². The molecule has 94 valence electrons. The van der Waals surface area contributed by atoms with Crippen LogP contribution in [0.15, 0.2) is 22.1 Å². The number of likely N-dealkylation sites (tertiary alicyclic amines) is 1. The van der Waals surface area contributed by atoms with Crippen LogP contribution in [0.2, 0.25) is 0 Å². The molecule has 0 bridgehead atoms. The summed E-state index contributed by atoms with van der Waals surface area (Å²) in [6.45, 7) is 2.72. The monoisotopic (exact) mass is 264 g/mol. The summed E-state index contributed by atoms with van der Waals surface area (Å²) in [7, 11) is 0. The van der Waals surface area contributed by atoms with Crippen molar-refractivity contribution in [1.29, 1.82) is 0 Å². The van der Waals surface area contributed by atoms with Crippen LogP contribution in [0.1, 0.15) is 15.4 Å². The van der Waals surface area contributed by atoms with Crippen molar-refractivity contribution in [3.05, 3.63) is 28.3 Å². The van der Waals surface area contributed by atoms with Crippen molar-refractivity contribution in [3.63, 3.8) is 0 Å². The number of nitrogens with zero attached hydrogens (tertiary/aromatic N) is 2. The number of β-amino-alcohol motifs (C(OH)–C–C–N with tert-alkyl or cyclic N) is 1. The van der Waals surface area contributed by atoms with Gasteiger partial charge in [0.15, 0.2) is 5.76 Å². The van der Waals surface area contributed by atoms with Crippen molar-refractivity contribution in [1.82, 2.24) is 9.88 Å². The summed E-state index contributed by atoms with van der Waals surface area (Å²) in [4.78, 5) is 17.9. The fourth-order valence-electron chi connectivity index (χ4n) is 1.86. The minimum Gasteiger partial charge on any atom is -0.462 e. The van der Waals surface area contributed by atoms with E-state index in [9.17, 15) is 9.90 Å². The number of carbonyl (C=O) groups is 1. The molecule has 0 radical (unpaired) electrons. The Balaban J connectivity index is 1.79. The van der Waals surface area contributed by atoms with E-state index in [2.05, 4.69) is 4.98 Å². The zero-order valence-corrected chi connectivity index (χ0v) is 10.6. The molecule has 0 atom stereocenters. The molecule has 0 aliphatic carbocycles. The van der Waals surface area contributed by atoms with Gasteiger partial charge in [0, 0.05) is 18.5 Å². The van der Waals surface area contributed by atoms with E-state index in [1.54, 1.807) is 11.0 Å². The molecule has 18 heavy (non-hydrogen) atoms. The highest BCUT2D eigenvalue weighted by atomic mass is 32.1. The molecule has 0 unspecified atom stereocenters. The summed E-state index contributed by atoms with van der Waals surface area (Å²) in [5.74, 6) is 0.492. The van der Waals surface area contributed by atoms with E-state index in [-0.39, 0.29) is 12.0 Å². The average Bonchev–Trinajstić information content (AvgIpc) is 2.92. The number of thiazole rings is 1. The molecule has 3 heterocycles. The van der Waals surface area contributed by atoms with Crippen LogP contribution in [0.25, 0.3) is 11.5 Å². The zero-order chi connectivity index (χ0) is 12.7. The third kappa shape index (κ3) is 1.93. The molecule has 1 saturated heterocycles. The van der Waals surface area contributed by atoms with E-state index in [0.717, 1.165) is 10.7 Å². The predicted molar refractivity (Wildman–Crippen MR) is 66.5 cm³/mol. The lowest BCUT2D eigenvalue weighted by atomic mass is 10.1. The molecule has 1 aliphatic rings. The number of aliphatic hydroxyl groups is 1. The smallest absolute Gasteiger partial charge is 0.257 e. The number of aryl methyl sites for hydroxylation is 1. The van der Waals surface area contributed by atoms with Crippen LogP contribution >= 0.6 is 11.3 Å². The van der Waals surface area contributed by atoms with Gasteiger partial charge in [0.1, 0.15) is 12.0 Å². The molecule has 5 nitrogen and oxygen atoms in total. The molecule has 0 spiro atoms. The molecule has 1 aliphatic heterocycles. The first-order chi connectivity index (χ1) is 8.63. The summed E-state index contributed by atoms with van der Waals surface area (Å²) in [5.41, 5.74) is 1.25. The van der Waals surface area contributed by atoms with Gasteiger partial charge < -0.3 is 14.4 Å². The van der Waals surface area contributed by atoms with Crippen LogP contribution in [0.4, 0.5) is 0 Å². The third-order valence-corrected chi connectivity index (χ3v) is 3.64. The topological polar surface area (TPSA) is 66.6 Å². The molecule has 0 saturated carbocycles. The quantitative estimate of drug-likeness (QED) is 0.893. The van der Waals surface area contributed by atoms with E-state index in [0.29, 0.717) is 24.4 Å². The van der Waals surface area contributed by atoms with Gasteiger partial charge >= 0.3 is 0 Å². The summed E-state index contributed by atoms with van der Waals surface area (Å²) >= 11 is 1.54. The Kier molecular flexibility index (Phi) is 2.68. The lowest BCUT2D eigenvalue weighted by molar-refractivity contribution is 0.00585. The molecule has 2 aromatic heterocycles. The predicted octanol–water partition coefficient (Wildman–Crippen LogP) is 1.53. The van der Waals surface area contributed by atoms with Crippen LogP contribution in [-0.2, 0) is 0 Å². The number of hydrogen-bond donors (Lipinski definition) is 1. The maximum absolute atomic E-state index is 12.0.